The molecule has 8 heteroatoms. The van der Waals surface area contributed by atoms with E-state index in [0.717, 1.165) is 18.6 Å². The van der Waals surface area contributed by atoms with E-state index in [1.807, 2.05) is 6.92 Å². The number of fused-ring (bicyclic) bond motifs is 3. The minimum absolute atomic E-state index is 0.0318. The van der Waals surface area contributed by atoms with Crippen LogP contribution in [0.5, 0.6) is 0 Å². The minimum Gasteiger partial charge on any atom is -0.317 e. The highest BCUT2D eigenvalue weighted by molar-refractivity contribution is 6.49. The topological polar surface area (TPSA) is 87.8 Å². The van der Waals surface area contributed by atoms with Gasteiger partial charge in [-0.2, -0.15) is 4.39 Å². The SMILES string of the molecule is CCC1CN=C2C(=O)Nc3cc([N+](=O)[O-])c(F)cc3N21. The fourth-order valence-corrected chi connectivity index (χ4v) is 2.50. The van der Waals surface area contributed by atoms with Crippen molar-refractivity contribution in [2.45, 2.75) is 19.4 Å². The van der Waals surface area contributed by atoms with E-state index in [1.54, 1.807) is 4.90 Å². The molecule has 0 fully saturated rings. The number of halogens is 1. The van der Waals surface area contributed by atoms with Crippen molar-refractivity contribution in [3.8, 4) is 0 Å². The molecule has 0 aromatic heterocycles. The summed E-state index contributed by atoms with van der Waals surface area (Å²) in [5.74, 6) is -1.11. The van der Waals surface area contributed by atoms with Crippen LogP contribution < -0.4 is 10.2 Å². The van der Waals surface area contributed by atoms with Gasteiger partial charge in [-0.25, -0.2) is 0 Å². The summed E-state index contributed by atoms with van der Waals surface area (Å²) in [5.41, 5.74) is -0.00474. The van der Waals surface area contributed by atoms with Crippen LogP contribution in [-0.4, -0.2) is 29.3 Å². The molecular weight excluding hydrogens is 267 g/mol. The Morgan fingerprint density at radius 2 is 2.35 bits per heavy atom. The lowest BCUT2D eigenvalue weighted by Gasteiger charge is -2.32. The standard InChI is InChI=1S/C12H11FN4O3/c1-2-6-5-14-11-12(18)15-8-4-9(17(19)20)7(13)3-10(8)16(6)11/h3-4,6H,2,5H2,1H3,(H,15,18). The lowest BCUT2D eigenvalue weighted by Crippen LogP contribution is -2.46. The molecule has 0 aliphatic carbocycles. The lowest BCUT2D eigenvalue weighted by atomic mass is 10.1. The van der Waals surface area contributed by atoms with Crippen LogP contribution in [0.3, 0.4) is 0 Å². The number of amidine groups is 1. The first-order valence-corrected chi connectivity index (χ1v) is 6.16. The number of benzene rings is 1. The average molecular weight is 278 g/mol. The molecule has 2 aliphatic rings. The van der Waals surface area contributed by atoms with Crippen molar-refractivity contribution >= 4 is 28.8 Å². The van der Waals surface area contributed by atoms with Crippen LogP contribution in [0.2, 0.25) is 0 Å². The third-order valence-corrected chi connectivity index (χ3v) is 3.49. The normalized spacial score (nSPS) is 20.1. The summed E-state index contributed by atoms with van der Waals surface area (Å²) >= 11 is 0. The highest BCUT2D eigenvalue weighted by atomic mass is 19.1. The van der Waals surface area contributed by atoms with Crippen molar-refractivity contribution in [1.82, 2.24) is 0 Å². The number of nitrogens with one attached hydrogen (secondary N) is 1. The van der Waals surface area contributed by atoms with Crippen LogP contribution in [0.15, 0.2) is 17.1 Å². The number of carbonyl (C=O) groups is 1. The van der Waals surface area contributed by atoms with Crippen molar-refractivity contribution in [3.05, 3.63) is 28.1 Å². The number of aliphatic imine (C=N–C) groups is 1. The van der Waals surface area contributed by atoms with Crippen LogP contribution >= 0.6 is 0 Å². The number of amides is 1. The van der Waals surface area contributed by atoms with E-state index in [0.29, 0.717) is 12.2 Å². The first kappa shape index (κ1) is 12.5. The summed E-state index contributed by atoms with van der Waals surface area (Å²) in [7, 11) is 0. The Labute approximate surface area is 113 Å². The zero-order valence-corrected chi connectivity index (χ0v) is 10.6. The Morgan fingerprint density at radius 3 is 3.00 bits per heavy atom. The Balaban J connectivity index is 2.16. The maximum atomic E-state index is 13.8. The summed E-state index contributed by atoms with van der Waals surface area (Å²) in [6.45, 7) is 2.40. The molecule has 1 aromatic carbocycles. The highest BCUT2D eigenvalue weighted by Crippen LogP contribution is 2.38. The number of anilines is 2. The van der Waals surface area contributed by atoms with Crippen molar-refractivity contribution in [2.75, 3.05) is 16.8 Å². The van der Waals surface area contributed by atoms with Crippen molar-refractivity contribution in [1.29, 1.82) is 0 Å². The number of nitro benzene ring substituents is 1. The molecule has 2 heterocycles. The Hall–Kier alpha value is -2.51. The summed E-state index contributed by atoms with van der Waals surface area (Å²) in [6, 6.07) is 2.09. The van der Waals surface area contributed by atoms with Gasteiger partial charge in [0, 0.05) is 12.1 Å². The van der Waals surface area contributed by atoms with E-state index in [-0.39, 0.29) is 17.6 Å². The van der Waals surface area contributed by atoms with Gasteiger partial charge in [-0.15, -0.1) is 0 Å². The Bertz CT molecular complexity index is 658. The molecule has 1 unspecified atom stereocenters. The molecular formula is C12H11FN4O3. The monoisotopic (exact) mass is 278 g/mol. The van der Waals surface area contributed by atoms with Crippen molar-refractivity contribution < 1.29 is 14.1 Å². The van der Waals surface area contributed by atoms with Crippen LogP contribution in [0.25, 0.3) is 0 Å². The summed E-state index contributed by atoms with van der Waals surface area (Å²) in [6.07, 6.45) is 0.734. The van der Waals surface area contributed by atoms with Crippen molar-refractivity contribution in [2.24, 2.45) is 4.99 Å². The van der Waals surface area contributed by atoms with E-state index in [4.69, 9.17) is 0 Å². The first-order valence-electron chi connectivity index (χ1n) is 6.16. The molecule has 2 aliphatic heterocycles. The van der Waals surface area contributed by atoms with E-state index < -0.39 is 22.3 Å². The predicted octanol–water partition coefficient (Wildman–Crippen LogP) is 1.68. The highest BCUT2D eigenvalue weighted by Gasteiger charge is 2.38. The molecule has 0 saturated carbocycles. The van der Waals surface area contributed by atoms with Gasteiger partial charge in [0.05, 0.1) is 28.9 Å². The van der Waals surface area contributed by atoms with E-state index in [2.05, 4.69) is 10.3 Å². The molecule has 3 rings (SSSR count). The third kappa shape index (κ3) is 1.64. The van der Waals surface area contributed by atoms with Crippen LogP contribution in [0, 0.1) is 15.9 Å². The fourth-order valence-electron chi connectivity index (χ4n) is 2.50. The quantitative estimate of drug-likeness (QED) is 0.658. The van der Waals surface area contributed by atoms with Crippen LogP contribution in [-0.2, 0) is 4.79 Å². The Kier molecular flexibility index (Phi) is 2.66. The fraction of sp³-hybridized carbons (Fsp3) is 0.333. The second kappa shape index (κ2) is 4.26. The molecule has 1 N–H and O–H groups in total. The Morgan fingerprint density at radius 1 is 1.60 bits per heavy atom. The molecule has 0 spiro atoms. The number of rotatable bonds is 2. The smallest absolute Gasteiger partial charge is 0.307 e. The largest absolute Gasteiger partial charge is 0.317 e. The summed E-state index contributed by atoms with van der Waals surface area (Å²) in [4.78, 5) is 27.7. The molecule has 1 atom stereocenters. The molecule has 20 heavy (non-hydrogen) atoms. The second-order valence-electron chi connectivity index (χ2n) is 4.63. The molecule has 1 amide bonds. The molecule has 0 bridgehead atoms. The molecule has 1 aromatic rings. The lowest BCUT2D eigenvalue weighted by molar-refractivity contribution is -0.387. The van der Waals surface area contributed by atoms with Gasteiger partial charge in [-0.3, -0.25) is 19.9 Å². The second-order valence-corrected chi connectivity index (χ2v) is 4.63. The number of hydrogen-bond acceptors (Lipinski definition) is 5. The van der Waals surface area contributed by atoms with Gasteiger partial charge >= 0.3 is 5.69 Å². The van der Waals surface area contributed by atoms with Gasteiger partial charge in [0.15, 0.2) is 5.84 Å². The van der Waals surface area contributed by atoms with Gasteiger partial charge in [0.1, 0.15) is 0 Å². The van der Waals surface area contributed by atoms with Crippen molar-refractivity contribution in [3.63, 3.8) is 0 Å². The zero-order chi connectivity index (χ0) is 14.4. The number of hydrogen-bond donors (Lipinski definition) is 1. The molecule has 0 saturated heterocycles. The molecule has 0 radical (unpaired) electrons. The minimum atomic E-state index is -0.925. The van der Waals surface area contributed by atoms with Crippen LogP contribution in [0.4, 0.5) is 21.5 Å². The maximum Gasteiger partial charge on any atom is 0.307 e. The maximum absolute atomic E-state index is 13.8. The molecule has 7 nitrogen and oxygen atoms in total. The zero-order valence-electron chi connectivity index (χ0n) is 10.6. The van der Waals surface area contributed by atoms with E-state index in [1.165, 1.54) is 0 Å². The van der Waals surface area contributed by atoms with Crippen LogP contribution in [0.1, 0.15) is 13.3 Å². The average Bonchev–Trinajstić information content (AvgIpc) is 2.83. The summed E-state index contributed by atoms with van der Waals surface area (Å²) in [5, 5.41) is 13.3. The van der Waals surface area contributed by atoms with Gasteiger partial charge < -0.3 is 10.2 Å². The number of nitro groups is 1. The number of carbonyl (C=O) groups excluding carboxylic acids is 1. The van der Waals surface area contributed by atoms with E-state index >= 15 is 0 Å². The van der Waals surface area contributed by atoms with Gasteiger partial charge in [0.25, 0.3) is 5.91 Å². The van der Waals surface area contributed by atoms with Gasteiger partial charge in [-0.05, 0) is 6.42 Å². The van der Waals surface area contributed by atoms with Gasteiger partial charge in [-0.1, -0.05) is 6.92 Å². The predicted molar refractivity (Wildman–Crippen MR) is 70.5 cm³/mol. The third-order valence-electron chi connectivity index (χ3n) is 3.49. The first-order chi connectivity index (χ1) is 9.52. The van der Waals surface area contributed by atoms with E-state index in [9.17, 15) is 19.3 Å². The number of nitrogens with zero attached hydrogens (tertiary/aromatic N) is 3. The molecule has 104 valence electrons. The van der Waals surface area contributed by atoms with Gasteiger partial charge in [0.2, 0.25) is 5.82 Å². The summed E-state index contributed by atoms with van der Waals surface area (Å²) < 4.78 is 13.8.